The van der Waals surface area contributed by atoms with Gasteiger partial charge in [0.1, 0.15) is 0 Å². The van der Waals surface area contributed by atoms with Gasteiger partial charge in [0.15, 0.2) is 0 Å². The maximum atomic E-state index is 6.28. The zero-order chi connectivity index (χ0) is 18.8. The molecule has 0 bridgehead atoms. The summed E-state index contributed by atoms with van der Waals surface area (Å²) in [4.78, 5) is 3.25. The van der Waals surface area contributed by atoms with E-state index < -0.39 is 0 Å². The van der Waals surface area contributed by atoms with Crippen LogP contribution in [0, 0.1) is 0 Å². The van der Waals surface area contributed by atoms with Gasteiger partial charge in [-0.2, -0.15) is 0 Å². The Morgan fingerprint density at radius 3 is 2.81 bits per heavy atom. The van der Waals surface area contributed by atoms with E-state index in [2.05, 4.69) is 21.2 Å². The fraction of sp³-hybridized carbons (Fsp3) is 0.158. The van der Waals surface area contributed by atoms with Gasteiger partial charge in [0.2, 0.25) is 5.89 Å². The summed E-state index contributed by atoms with van der Waals surface area (Å²) in [5, 5.41) is 10.9. The lowest BCUT2D eigenvalue weighted by molar-refractivity contribution is 0.385. The second kappa shape index (κ2) is 7.94. The molecule has 4 rings (SSSR count). The summed E-state index contributed by atoms with van der Waals surface area (Å²) in [6, 6.07) is 13.3. The minimum absolute atomic E-state index is 0.365. The van der Waals surface area contributed by atoms with Gasteiger partial charge in [0, 0.05) is 22.9 Å². The SMILES string of the molecule is N[C@@H](Cc1c[nH]c2ccccc12)c1nnc(SCc2ccc(Cl)c(Cl)c2)o1. The van der Waals surface area contributed by atoms with E-state index in [1.165, 1.54) is 11.8 Å². The molecule has 1 atom stereocenters. The summed E-state index contributed by atoms with van der Waals surface area (Å²) < 4.78 is 5.73. The number of para-hydroxylation sites is 1. The number of rotatable bonds is 6. The number of halogens is 2. The number of aromatic nitrogens is 3. The Morgan fingerprint density at radius 2 is 1.96 bits per heavy atom. The Labute approximate surface area is 170 Å². The lowest BCUT2D eigenvalue weighted by Gasteiger charge is -2.05. The van der Waals surface area contributed by atoms with Crippen molar-refractivity contribution in [2.75, 3.05) is 0 Å². The lowest BCUT2D eigenvalue weighted by atomic mass is 10.1. The van der Waals surface area contributed by atoms with Gasteiger partial charge in [0.25, 0.3) is 5.22 Å². The quantitative estimate of drug-likeness (QED) is 0.410. The summed E-state index contributed by atoms with van der Waals surface area (Å²) in [6.07, 6.45) is 2.59. The molecule has 0 spiro atoms. The van der Waals surface area contributed by atoms with Gasteiger partial charge in [-0.25, -0.2) is 0 Å². The Hall–Kier alpha value is -1.99. The van der Waals surface area contributed by atoms with E-state index in [9.17, 15) is 0 Å². The van der Waals surface area contributed by atoms with Crippen LogP contribution < -0.4 is 5.73 Å². The second-order valence-electron chi connectivity index (χ2n) is 6.11. The average molecular weight is 419 g/mol. The molecule has 4 aromatic rings. The van der Waals surface area contributed by atoms with Crippen LogP contribution in [0.1, 0.15) is 23.1 Å². The van der Waals surface area contributed by atoms with Gasteiger partial charge >= 0.3 is 0 Å². The number of hydrogen-bond acceptors (Lipinski definition) is 5. The molecule has 0 radical (unpaired) electrons. The van der Waals surface area contributed by atoms with Crippen LogP contribution in [0.5, 0.6) is 0 Å². The van der Waals surface area contributed by atoms with Crippen LogP contribution in [0.2, 0.25) is 10.0 Å². The molecule has 0 saturated carbocycles. The smallest absolute Gasteiger partial charge is 0.276 e. The number of nitrogens with zero attached hydrogens (tertiary/aromatic N) is 2. The number of nitrogens with two attached hydrogens (primary N) is 1. The molecular weight excluding hydrogens is 403 g/mol. The zero-order valence-corrected chi connectivity index (χ0v) is 16.5. The first-order chi connectivity index (χ1) is 13.1. The molecule has 2 aromatic heterocycles. The molecule has 27 heavy (non-hydrogen) atoms. The minimum Gasteiger partial charge on any atom is -0.414 e. The van der Waals surface area contributed by atoms with Crippen molar-refractivity contribution in [2.45, 2.75) is 23.4 Å². The van der Waals surface area contributed by atoms with Crippen LogP contribution in [0.4, 0.5) is 0 Å². The molecule has 0 unspecified atom stereocenters. The van der Waals surface area contributed by atoms with Gasteiger partial charge in [0.05, 0.1) is 16.1 Å². The lowest BCUT2D eigenvalue weighted by Crippen LogP contribution is -2.13. The molecular formula is C19H16Cl2N4OS. The maximum absolute atomic E-state index is 6.28. The highest BCUT2D eigenvalue weighted by atomic mass is 35.5. The molecule has 0 aliphatic rings. The Bertz CT molecular complexity index is 1080. The molecule has 3 N–H and O–H groups in total. The molecule has 0 fully saturated rings. The van der Waals surface area contributed by atoms with E-state index in [-0.39, 0.29) is 6.04 Å². The largest absolute Gasteiger partial charge is 0.414 e. The van der Waals surface area contributed by atoms with E-state index in [1.807, 2.05) is 36.5 Å². The number of thioether (sulfide) groups is 1. The summed E-state index contributed by atoms with van der Waals surface area (Å²) >= 11 is 13.4. The van der Waals surface area contributed by atoms with E-state index in [0.717, 1.165) is 22.0 Å². The van der Waals surface area contributed by atoms with Crippen molar-refractivity contribution in [1.82, 2.24) is 15.2 Å². The van der Waals surface area contributed by atoms with Crippen LogP contribution in [-0.2, 0) is 12.2 Å². The third-order valence-corrected chi connectivity index (χ3v) is 5.83. The van der Waals surface area contributed by atoms with Gasteiger partial charge in [-0.05, 0) is 35.7 Å². The van der Waals surface area contributed by atoms with Crippen LogP contribution in [-0.4, -0.2) is 15.2 Å². The fourth-order valence-corrected chi connectivity index (χ4v) is 3.86. The van der Waals surface area contributed by atoms with Crippen molar-refractivity contribution in [1.29, 1.82) is 0 Å². The standard InChI is InChI=1S/C19H16Cl2N4OS/c20-14-6-5-11(7-15(14)21)10-27-19-25-24-18(26-19)16(22)8-12-9-23-17-4-2-1-3-13(12)17/h1-7,9,16,23H,8,10,22H2/t16-/m0/s1. The number of fused-ring (bicyclic) bond motifs is 1. The van der Waals surface area contributed by atoms with E-state index in [0.29, 0.717) is 33.3 Å². The zero-order valence-electron chi connectivity index (χ0n) is 14.2. The van der Waals surface area contributed by atoms with Gasteiger partial charge < -0.3 is 15.1 Å². The van der Waals surface area contributed by atoms with Crippen molar-refractivity contribution in [3.63, 3.8) is 0 Å². The van der Waals surface area contributed by atoms with Crippen LogP contribution in [0.15, 0.2) is 58.3 Å². The summed E-state index contributed by atoms with van der Waals surface area (Å²) in [5.41, 5.74) is 9.52. The summed E-state index contributed by atoms with van der Waals surface area (Å²) in [5.74, 6) is 1.08. The molecule has 138 valence electrons. The average Bonchev–Trinajstić information content (AvgIpc) is 3.30. The normalized spacial score (nSPS) is 12.6. The van der Waals surface area contributed by atoms with E-state index in [4.69, 9.17) is 33.4 Å². The van der Waals surface area contributed by atoms with Crippen molar-refractivity contribution in [3.8, 4) is 0 Å². The van der Waals surface area contributed by atoms with Crippen LogP contribution in [0.25, 0.3) is 10.9 Å². The molecule has 5 nitrogen and oxygen atoms in total. The predicted molar refractivity (Wildman–Crippen MR) is 109 cm³/mol. The Kier molecular flexibility index (Phi) is 5.41. The first-order valence-corrected chi connectivity index (χ1v) is 10.0. The fourth-order valence-electron chi connectivity index (χ4n) is 2.83. The first kappa shape index (κ1) is 18.4. The molecule has 2 heterocycles. The van der Waals surface area contributed by atoms with Gasteiger partial charge in [-0.3, -0.25) is 0 Å². The third kappa shape index (κ3) is 4.14. The number of aromatic amines is 1. The molecule has 0 saturated heterocycles. The van der Waals surface area contributed by atoms with Crippen molar-refractivity contribution >= 4 is 45.9 Å². The topological polar surface area (TPSA) is 80.7 Å². The molecule has 0 aliphatic carbocycles. The highest BCUT2D eigenvalue weighted by molar-refractivity contribution is 7.98. The van der Waals surface area contributed by atoms with Gasteiger partial charge in [-0.15, -0.1) is 10.2 Å². The molecule has 0 amide bonds. The number of nitrogens with one attached hydrogen (secondary N) is 1. The molecule has 8 heteroatoms. The molecule has 0 aliphatic heterocycles. The summed E-state index contributed by atoms with van der Waals surface area (Å²) in [6.45, 7) is 0. The van der Waals surface area contributed by atoms with Crippen LogP contribution >= 0.6 is 35.0 Å². The van der Waals surface area contributed by atoms with Gasteiger partial charge in [-0.1, -0.05) is 59.2 Å². The van der Waals surface area contributed by atoms with Crippen LogP contribution in [0.3, 0.4) is 0 Å². The summed E-state index contributed by atoms with van der Waals surface area (Å²) in [7, 11) is 0. The Balaban J connectivity index is 1.41. The third-order valence-electron chi connectivity index (χ3n) is 4.20. The second-order valence-corrected chi connectivity index (χ2v) is 7.85. The van der Waals surface area contributed by atoms with Crippen molar-refractivity contribution in [3.05, 3.63) is 75.7 Å². The highest BCUT2D eigenvalue weighted by Crippen LogP contribution is 2.28. The highest BCUT2D eigenvalue weighted by Gasteiger charge is 2.17. The van der Waals surface area contributed by atoms with Crippen molar-refractivity contribution in [2.24, 2.45) is 5.73 Å². The monoisotopic (exact) mass is 418 g/mol. The Morgan fingerprint density at radius 1 is 1.11 bits per heavy atom. The van der Waals surface area contributed by atoms with E-state index in [1.54, 1.807) is 6.07 Å². The first-order valence-electron chi connectivity index (χ1n) is 8.31. The molecule has 2 aromatic carbocycles. The maximum Gasteiger partial charge on any atom is 0.276 e. The number of benzene rings is 2. The minimum atomic E-state index is -0.365. The van der Waals surface area contributed by atoms with E-state index >= 15 is 0 Å². The van der Waals surface area contributed by atoms with Crippen molar-refractivity contribution < 1.29 is 4.42 Å². The number of H-pyrrole nitrogens is 1. The predicted octanol–water partition coefficient (Wildman–Crippen LogP) is 5.39. The number of hydrogen-bond donors (Lipinski definition) is 2.